The molecule has 0 bridgehead atoms. The topological polar surface area (TPSA) is 68.7 Å². The largest absolute Gasteiger partial charge is 0.493 e. The molecular weight excluding hydrogens is 313 g/mol. The third-order valence-electron chi connectivity index (χ3n) is 3.66. The molecule has 0 saturated heterocycles. The predicted molar refractivity (Wildman–Crippen MR) is 87.2 cm³/mol. The number of benzene rings is 2. The number of halogens is 1. The maximum atomic E-state index is 13.5. The van der Waals surface area contributed by atoms with Gasteiger partial charge in [0.1, 0.15) is 5.82 Å². The molecular formula is C18H14FNO4. The molecule has 1 aromatic heterocycles. The molecule has 0 aliphatic rings. The summed E-state index contributed by atoms with van der Waals surface area (Å²) in [5.41, 5.74) is 1.34. The van der Waals surface area contributed by atoms with Crippen molar-refractivity contribution in [3.63, 3.8) is 0 Å². The van der Waals surface area contributed by atoms with Crippen LogP contribution in [0.4, 0.5) is 4.39 Å². The molecule has 0 amide bonds. The van der Waals surface area contributed by atoms with Crippen molar-refractivity contribution in [1.82, 2.24) is 4.98 Å². The van der Waals surface area contributed by atoms with E-state index in [0.717, 1.165) is 0 Å². The SMILES string of the molecule is COc1cc2nc(-c3cccc(F)c3)cc(C(=O)O)c2cc1OC. The summed E-state index contributed by atoms with van der Waals surface area (Å²) in [4.78, 5) is 16.1. The van der Waals surface area contributed by atoms with Gasteiger partial charge in [0.2, 0.25) is 0 Å². The normalized spacial score (nSPS) is 10.6. The van der Waals surface area contributed by atoms with Gasteiger partial charge in [-0.1, -0.05) is 12.1 Å². The first-order chi connectivity index (χ1) is 11.5. The number of hydrogen-bond acceptors (Lipinski definition) is 4. The predicted octanol–water partition coefficient (Wildman–Crippen LogP) is 3.76. The summed E-state index contributed by atoms with van der Waals surface area (Å²) in [6.45, 7) is 0. The number of rotatable bonds is 4. The van der Waals surface area contributed by atoms with Crippen molar-refractivity contribution >= 4 is 16.9 Å². The lowest BCUT2D eigenvalue weighted by Gasteiger charge is -2.12. The Balaban J connectivity index is 2.32. The summed E-state index contributed by atoms with van der Waals surface area (Å²) in [6, 6.07) is 10.4. The molecule has 0 saturated carbocycles. The van der Waals surface area contributed by atoms with Crippen molar-refractivity contribution < 1.29 is 23.8 Å². The van der Waals surface area contributed by atoms with Crippen LogP contribution in [0.3, 0.4) is 0 Å². The molecule has 0 radical (unpaired) electrons. The maximum Gasteiger partial charge on any atom is 0.336 e. The molecule has 6 heteroatoms. The zero-order valence-electron chi connectivity index (χ0n) is 13.0. The number of fused-ring (bicyclic) bond motifs is 1. The van der Waals surface area contributed by atoms with E-state index in [-0.39, 0.29) is 5.56 Å². The minimum Gasteiger partial charge on any atom is -0.493 e. The van der Waals surface area contributed by atoms with E-state index in [0.29, 0.717) is 33.7 Å². The highest BCUT2D eigenvalue weighted by Crippen LogP contribution is 2.34. The summed E-state index contributed by atoms with van der Waals surface area (Å²) in [5, 5.41) is 9.94. The van der Waals surface area contributed by atoms with Crippen molar-refractivity contribution in [1.29, 1.82) is 0 Å². The summed E-state index contributed by atoms with van der Waals surface area (Å²) in [6.07, 6.45) is 0. The van der Waals surface area contributed by atoms with Crippen LogP contribution >= 0.6 is 0 Å². The number of nitrogens with zero attached hydrogens (tertiary/aromatic N) is 1. The summed E-state index contributed by atoms with van der Waals surface area (Å²) < 4.78 is 23.9. The molecule has 0 spiro atoms. The van der Waals surface area contributed by atoms with Crippen LogP contribution in [0.15, 0.2) is 42.5 Å². The van der Waals surface area contributed by atoms with Gasteiger partial charge >= 0.3 is 5.97 Å². The number of ether oxygens (including phenoxy) is 2. The van der Waals surface area contributed by atoms with Crippen LogP contribution in [0.2, 0.25) is 0 Å². The lowest BCUT2D eigenvalue weighted by atomic mass is 10.0. The molecule has 0 unspecified atom stereocenters. The molecule has 1 N–H and O–H groups in total. The first-order valence-corrected chi connectivity index (χ1v) is 7.09. The monoisotopic (exact) mass is 327 g/mol. The van der Waals surface area contributed by atoms with E-state index in [1.54, 1.807) is 24.3 Å². The number of carbonyl (C=O) groups is 1. The van der Waals surface area contributed by atoms with E-state index in [9.17, 15) is 14.3 Å². The Hall–Kier alpha value is -3.15. The van der Waals surface area contributed by atoms with Crippen LogP contribution in [0.25, 0.3) is 22.2 Å². The molecule has 0 fully saturated rings. The van der Waals surface area contributed by atoms with Crippen LogP contribution in [0, 0.1) is 5.82 Å². The van der Waals surface area contributed by atoms with Gasteiger partial charge < -0.3 is 14.6 Å². The fraction of sp³-hybridized carbons (Fsp3) is 0.111. The van der Waals surface area contributed by atoms with Gasteiger partial charge in [0.15, 0.2) is 11.5 Å². The van der Waals surface area contributed by atoms with Gasteiger partial charge in [-0.15, -0.1) is 0 Å². The third kappa shape index (κ3) is 2.74. The van der Waals surface area contributed by atoms with Crippen molar-refractivity contribution in [3.8, 4) is 22.8 Å². The van der Waals surface area contributed by atoms with Gasteiger partial charge in [-0.05, 0) is 24.3 Å². The van der Waals surface area contributed by atoms with Crippen LogP contribution in [-0.2, 0) is 0 Å². The van der Waals surface area contributed by atoms with Crippen molar-refractivity contribution in [3.05, 3.63) is 53.8 Å². The van der Waals surface area contributed by atoms with Gasteiger partial charge in [-0.25, -0.2) is 14.2 Å². The number of carboxylic acids is 1. The third-order valence-corrected chi connectivity index (χ3v) is 3.66. The highest BCUT2D eigenvalue weighted by molar-refractivity contribution is 6.04. The van der Waals surface area contributed by atoms with E-state index in [2.05, 4.69) is 4.98 Å². The number of methoxy groups -OCH3 is 2. The fourth-order valence-electron chi connectivity index (χ4n) is 2.53. The van der Waals surface area contributed by atoms with Crippen LogP contribution in [-0.4, -0.2) is 30.3 Å². The quantitative estimate of drug-likeness (QED) is 0.790. The van der Waals surface area contributed by atoms with Gasteiger partial charge in [0, 0.05) is 17.0 Å². The fourth-order valence-corrected chi connectivity index (χ4v) is 2.53. The summed E-state index contributed by atoms with van der Waals surface area (Å²) in [7, 11) is 2.96. The van der Waals surface area contributed by atoms with Crippen molar-refractivity contribution in [2.45, 2.75) is 0 Å². The van der Waals surface area contributed by atoms with E-state index in [1.807, 2.05) is 0 Å². The van der Waals surface area contributed by atoms with Crippen LogP contribution in [0.1, 0.15) is 10.4 Å². The molecule has 3 aromatic rings. The Morgan fingerprint density at radius 3 is 2.42 bits per heavy atom. The lowest BCUT2D eigenvalue weighted by Crippen LogP contribution is -2.01. The maximum absolute atomic E-state index is 13.5. The molecule has 122 valence electrons. The number of hydrogen-bond donors (Lipinski definition) is 1. The zero-order valence-corrected chi connectivity index (χ0v) is 13.0. The number of aromatic nitrogens is 1. The van der Waals surface area contributed by atoms with Gasteiger partial charge in [-0.3, -0.25) is 0 Å². The smallest absolute Gasteiger partial charge is 0.336 e. The Kier molecular flexibility index (Phi) is 4.04. The highest BCUT2D eigenvalue weighted by Gasteiger charge is 2.16. The molecule has 2 aromatic carbocycles. The van der Waals surface area contributed by atoms with E-state index >= 15 is 0 Å². The van der Waals surface area contributed by atoms with E-state index < -0.39 is 11.8 Å². The van der Waals surface area contributed by atoms with Crippen molar-refractivity contribution in [2.24, 2.45) is 0 Å². The number of carboxylic acid groups (broad SMARTS) is 1. The number of aromatic carboxylic acids is 1. The first-order valence-electron chi connectivity index (χ1n) is 7.09. The molecule has 0 aliphatic carbocycles. The molecule has 24 heavy (non-hydrogen) atoms. The summed E-state index contributed by atoms with van der Waals surface area (Å²) >= 11 is 0. The second kappa shape index (κ2) is 6.16. The average Bonchev–Trinajstić information content (AvgIpc) is 2.59. The molecule has 3 rings (SSSR count). The lowest BCUT2D eigenvalue weighted by molar-refractivity contribution is 0.0699. The van der Waals surface area contributed by atoms with Gasteiger partial charge in [0.25, 0.3) is 0 Å². The first kappa shape index (κ1) is 15.7. The van der Waals surface area contributed by atoms with Crippen LogP contribution in [0.5, 0.6) is 11.5 Å². The Morgan fingerprint density at radius 2 is 1.79 bits per heavy atom. The Labute approximate surface area is 137 Å². The Bertz CT molecular complexity index is 940. The second-order valence-corrected chi connectivity index (χ2v) is 5.09. The van der Waals surface area contributed by atoms with Crippen molar-refractivity contribution in [2.75, 3.05) is 14.2 Å². The van der Waals surface area contributed by atoms with Crippen LogP contribution < -0.4 is 9.47 Å². The highest BCUT2D eigenvalue weighted by atomic mass is 19.1. The van der Waals surface area contributed by atoms with E-state index in [4.69, 9.17) is 9.47 Å². The standard InChI is InChI=1S/C18H14FNO4/c1-23-16-8-12-13(18(21)22)7-14(10-4-3-5-11(19)6-10)20-15(12)9-17(16)24-2/h3-9H,1-2H3,(H,21,22). The zero-order chi connectivity index (χ0) is 17.3. The molecule has 0 aliphatic heterocycles. The summed E-state index contributed by atoms with van der Waals surface area (Å²) in [5.74, 6) is -0.677. The molecule has 1 heterocycles. The van der Waals surface area contributed by atoms with Gasteiger partial charge in [-0.2, -0.15) is 0 Å². The molecule has 0 atom stereocenters. The number of pyridine rings is 1. The second-order valence-electron chi connectivity index (χ2n) is 5.09. The molecule has 5 nitrogen and oxygen atoms in total. The van der Waals surface area contributed by atoms with E-state index in [1.165, 1.54) is 32.4 Å². The minimum atomic E-state index is -1.10. The Morgan fingerprint density at radius 1 is 1.08 bits per heavy atom. The minimum absolute atomic E-state index is 0.0558. The average molecular weight is 327 g/mol. The van der Waals surface area contributed by atoms with Gasteiger partial charge in [0.05, 0.1) is 31.0 Å².